The summed E-state index contributed by atoms with van der Waals surface area (Å²) in [5.74, 6) is 2.67. The van der Waals surface area contributed by atoms with Gasteiger partial charge in [-0.1, -0.05) is 24.3 Å². The van der Waals surface area contributed by atoms with Crippen molar-refractivity contribution < 1.29 is 29.2 Å². The van der Waals surface area contributed by atoms with Gasteiger partial charge >= 0.3 is 0 Å². The molecule has 2 aromatic carbocycles. The van der Waals surface area contributed by atoms with Crippen molar-refractivity contribution in [2.75, 3.05) is 65.7 Å². The zero-order chi connectivity index (χ0) is 24.2. The fourth-order valence-electron chi connectivity index (χ4n) is 3.92. The smallest absolute Gasteiger partial charge is 0.161 e. The number of rotatable bonds is 14. The highest BCUT2D eigenvalue weighted by Crippen LogP contribution is 2.27. The molecule has 1 fully saturated rings. The molecule has 3 rings (SSSR count). The molecule has 1 aliphatic rings. The molecule has 34 heavy (non-hydrogen) atoms. The van der Waals surface area contributed by atoms with Crippen LogP contribution in [0.2, 0.25) is 0 Å². The maximum atomic E-state index is 10.4. The van der Waals surface area contributed by atoms with Crippen molar-refractivity contribution >= 4 is 0 Å². The summed E-state index contributed by atoms with van der Waals surface area (Å²) < 4.78 is 22.7. The van der Waals surface area contributed by atoms with Crippen LogP contribution in [-0.4, -0.2) is 97.9 Å². The Hall–Kier alpha value is -2.52. The van der Waals surface area contributed by atoms with E-state index in [2.05, 4.69) is 9.80 Å². The fourth-order valence-corrected chi connectivity index (χ4v) is 3.92. The lowest BCUT2D eigenvalue weighted by Gasteiger charge is -2.36. The molecule has 0 saturated carbocycles. The minimum absolute atomic E-state index is 0.212. The minimum atomic E-state index is -0.592. The monoisotopic (exact) mass is 474 g/mol. The van der Waals surface area contributed by atoms with E-state index in [4.69, 9.17) is 18.9 Å². The number of piperazine rings is 1. The highest BCUT2D eigenvalue weighted by molar-refractivity contribution is 5.40. The van der Waals surface area contributed by atoms with Crippen LogP contribution < -0.4 is 18.9 Å². The van der Waals surface area contributed by atoms with Gasteiger partial charge in [0.2, 0.25) is 0 Å². The molecule has 2 atom stereocenters. The molecule has 8 nitrogen and oxygen atoms in total. The third-order valence-corrected chi connectivity index (χ3v) is 5.56. The van der Waals surface area contributed by atoms with Gasteiger partial charge in [0, 0.05) is 39.3 Å². The van der Waals surface area contributed by atoms with E-state index in [0.717, 1.165) is 26.2 Å². The maximum Gasteiger partial charge on any atom is 0.161 e. The van der Waals surface area contributed by atoms with Crippen LogP contribution in [0.5, 0.6) is 23.0 Å². The van der Waals surface area contributed by atoms with Crippen molar-refractivity contribution in [3.05, 3.63) is 48.5 Å². The van der Waals surface area contributed by atoms with E-state index >= 15 is 0 Å². The van der Waals surface area contributed by atoms with E-state index in [1.165, 1.54) is 0 Å². The summed E-state index contributed by atoms with van der Waals surface area (Å²) in [4.78, 5) is 4.44. The SMILES string of the molecule is CCOc1ccccc1OCC(O)CN1CCN(CC(O)COc2ccccc2OCC)CC1. The Balaban J connectivity index is 1.34. The summed E-state index contributed by atoms with van der Waals surface area (Å²) in [6.45, 7) is 9.81. The number of ether oxygens (including phenoxy) is 4. The van der Waals surface area contributed by atoms with Gasteiger partial charge in [0.15, 0.2) is 23.0 Å². The summed E-state index contributed by atoms with van der Waals surface area (Å²) >= 11 is 0. The van der Waals surface area contributed by atoms with Crippen molar-refractivity contribution in [1.29, 1.82) is 0 Å². The van der Waals surface area contributed by atoms with Gasteiger partial charge in [-0.3, -0.25) is 9.80 Å². The van der Waals surface area contributed by atoms with Crippen molar-refractivity contribution in [1.82, 2.24) is 9.80 Å². The number of aliphatic hydroxyl groups excluding tert-OH is 2. The minimum Gasteiger partial charge on any atom is -0.490 e. The highest BCUT2D eigenvalue weighted by atomic mass is 16.5. The van der Waals surface area contributed by atoms with E-state index < -0.39 is 12.2 Å². The molecule has 2 N–H and O–H groups in total. The topological polar surface area (TPSA) is 83.9 Å². The second kappa shape index (κ2) is 14.0. The largest absolute Gasteiger partial charge is 0.490 e. The summed E-state index contributed by atoms with van der Waals surface area (Å²) in [5, 5.41) is 20.9. The van der Waals surface area contributed by atoms with E-state index in [1.807, 2.05) is 62.4 Å². The van der Waals surface area contributed by atoms with Crippen LogP contribution >= 0.6 is 0 Å². The summed E-state index contributed by atoms with van der Waals surface area (Å²) in [6.07, 6.45) is -1.18. The molecule has 0 bridgehead atoms. The van der Waals surface area contributed by atoms with Gasteiger partial charge in [-0.25, -0.2) is 0 Å². The second-order valence-electron chi connectivity index (χ2n) is 8.29. The Labute approximate surface area is 202 Å². The van der Waals surface area contributed by atoms with Crippen LogP contribution in [0, 0.1) is 0 Å². The summed E-state index contributed by atoms with van der Waals surface area (Å²) in [7, 11) is 0. The zero-order valence-corrected chi connectivity index (χ0v) is 20.3. The van der Waals surface area contributed by atoms with Crippen molar-refractivity contribution in [3.8, 4) is 23.0 Å². The van der Waals surface area contributed by atoms with Crippen LogP contribution in [0.15, 0.2) is 48.5 Å². The van der Waals surface area contributed by atoms with Gasteiger partial charge in [0.05, 0.1) is 13.2 Å². The molecular weight excluding hydrogens is 436 g/mol. The lowest BCUT2D eigenvalue weighted by Crippen LogP contribution is -2.51. The number of hydrogen-bond acceptors (Lipinski definition) is 8. The van der Waals surface area contributed by atoms with E-state index in [9.17, 15) is 10.2 Å². The van der Waals surface area contributed by atoms with Gasteiger partial charge < -0.3 is 29.2 Å². The highest BCUT2D eigenvalue weighted by Gasteiger charge is 2.22. The predicted molar refractivity (Wildman–Crippen MR) is 131 cm³/mol. The van der Waals surface area contributed by atoms with Crippen LogP contribution in [0.3, 0.4) is 0 Å². The fraction of sp³-hybridized carbons (Fsp3) is 0.538. The van der Waals surface area contributed by atoms with E-state index in [0.29, 0.717) is 49.3 Å². The molecule has 188 valence electrons. The quantitative estimate of drug-likeness (QED) is 0.432. The molecule has 2 aromatic rings. The number of nitrogens with zero attached hydrogens (tertiary/aromatic N) is 2. The Kier molecular flexibility index (Phi) is 10.8. The molecule has 0 spiro atoms. The average molecular weight is 475 g/mol. The summed E-state index contributed by atoms with van der Waals surface area (Å²) in [6, 6.07) is 15.0. The molecular formula is C26H38N2O6. The Bertz CT molecular complexity index is 774. The molecule has 8 heteroatoms. The van der Waals surface area contributed by atoms with Crippen LogP contribution in [0.4, 0.5) is 0 Å². The lowest BCUT2D eigenvalue weighted by molar-refractivity contribution is 0.0235. The molecule has 0 radical (unpaired) electrons. The first-order valence-electron chi connectivity index (χ1n) is 12.1. The molecule has 0 aliphatic carbocycles. The van der Waals surface area contributed by atoms with Crippen LogP contribution in [0.1, 0.15) is 13.8 Å². The summed E-state index contributed by atoms with van der Waals surface area (Å²) in [5.41, 5.74) is 0. The lowest BCUT2D eigenvalue weighted by atomic mass is 10.2. The third kappa shape index (κ3) is 8.36. The average Bonchev–Trinajstić information content (AvgIpc) is 2.84. The molecule has 1 aliphatic heterocycles. The predicted octanol–water partition coefficient (Wildman–Crippen LogP) is 2.28. The third-order valence-electron chi connectivity index (χ3n) is 5.56. The van der Waals surface area contributed by atoms with Crippen LogP contribution in [-0.2, 0) is 0 Å². The first-order valence-corrected chi connectivity index (χ1v) is 12.1. The number of hydrogen-bond donors (Lipinski definition) is 2. The zero-order valence-electron chi connectivity index (χ0n) is 20.3. The van der Waals surface area contributed by atoms with E-state index in [-0.39, 0.29) is 13.2 Å². The van der Waals surface area contributed by atoms with E-state index in [1.54, 1.807) is 0 Å². The molecule has 2 unspecified atom stereocenters. The Morgan fingerprint density at radius 1 is 0.618 bits per heavy atom. The Morgan fingerprint density at radius 2 is 0.941 bits per heavy atom. The Morgan fingerprint density at radius 3 is 1.26 bits per heavy atom. The van der Waals surface area contributed by atoms with Gasteiger partial charge in [0.1, 0.15) is 25.4 Å². The first-order chi connectivity index (χ1) is 16.6. The number of β-amino-alcohol motifs (C(OH)–C–C–N with tert-alkyl or cyclic N) is 2. The number of para-hydroxylation sites is 4. The molecule has 1 saturated heterocycles. The first kappa shape index (κ1) is 26.1. The van der Waals surface area contributed by atoms with Crippen molar-refractivity contribution in [2.24, 2.45) is 0 Å². The molecule has 0 amide bonds. The molecule has 0 aromatic heterocycles. The van der Waals surface area contributed by atoms with Crippen LogP contribution in [0.25, 0.3) is 0 Å². The standard InChI is InChI=1S/C26H38N2O6/c1-3-31-23-9-5-7-11-25(23)33-19-21(29)17-27-13-15-28(16-14-27)18-22(30)20-34-26-12-8-6-10-24(26)32-4-2/h5-12,21-22,29-30H,3-4,13-20H2,1-2H3. The normalized spacial score (nSPS) is 16.6. The van der Waals surface area contributed by atoms with Gasteiger partial charge in [-0.2, -0.15) is 0 Å². The molecule has 1 heterocycles. The van der Waals surface area contributed by atoms with Crippen molar-refractivity contribution in [2.45, 2.75) is 26.1 Å². The van der Waals surface area contributed by atoms with Gasteiger partial charge in [0.25, 0.3) is 0 Å². The van der Waals surface area contributed by atoms with Crippen molar-refractivity contribution in [3.63, 3.8) is 0 Å². The maximum absolute atomic E-state index is 10.4. The number of aliphatic hydroxyl groups is 2. The second-order valence-corrected chi connectivity index (χ2v) is 8.29. The van der Waals surface area contributed by atoms with Gasteiger partial charge in [-0.15, -0.1) is 0 Å². The number of benzene rings is 2. The van der Waals surface area contributed by atoms with Gasteiger partial charge in [-0.05, 0) is 38.1 Å².